The summed E-state index contributed by atoms with van der Waals surface area (Å²) >= 11 is 0. The predicted molar refractivity (Wildman–Crippen MR) is 78.5 cm³/mol. The molecule has 0 radical (unpaired) electrons. The smallest absolute Gasteiger partial charge is 0.269 e. The number of pyridine rings is 1. The molecule has 1 aliphatic heterocycles. The number of carbonyl (C=O) groups is 1. The number of oxime groups is 1. The van der Waals surface area contributed by atoms with Crippen LogP contribution in [0, 0.1) is 6.92 Å². The SMILES string of the molecule is Cc1ccc(CN2C(=O)CON=C2c2ccccn2)cc1. The van der Waals surface area contributed by atoms with E-state index in [4.69, 9.17) is 4.84 Å². The summed E-state index contributed by atoms with van der Waals surface area (Å²) in [6.45, 7) is 2.45. The van der Waals surface area contributed by atoms with Crippen LogP contribution in [0.1, 0.15) is 16.8 Å². The van der Waals surface area contributed by atoms with E-state index in [0.717, 1.165) is 5.56 Å². The van der Waals surface area contributed by atoms with E-state index >= 15 is 0 Å². The lowest BCUT2D eigenvalue weighted by atomic mass is 10.1. The van der Waals surface area contributed by atoms with Crippen LogP contribution >= 0.6 is 0 Å². The maximum atomic E-state index is 12.1. The van der Waals surface area contributed by atoms with Gasteiger partial charge in [-0.25, -0.2) is 0 Å². The van der Waals surface area contributed by atoms with Gasteiger partial charge < -0.3 is 4.84 Å². The molecule has 2 aromatic rings. The van der Waals surface area contributed by atoms with E-state index < -0.39 is 0 Å². The zero-order valence-electron chi connectivity index (χ0n) is 11.7. The molecule has 3 rings (SSSR count). The molecule has 0 spiro atoms. The van der Waals surface area contributed by atoms with Crippen molar-refractivity contribution in [2.24, 2.45) is 5.16 Å². The second kappa shape index (κ2) is 5.75. The summed E-state index contributed by atoms with van der Waals surface area (Å²) in [4.78, 5) is 23.0. The van der Waals surface area contributed by atoms with Crippen LogP contribution in [0.15, 0.2) is 53.8 Å². The Bertz CT molecular complexity index is 666. The molecule has 0 saturated heterocycles. The van der Waals surface area contributed by atoms with Crippen LogP contribution in [0.3, 0.4) is 0 Å². The van der Waals surface area contributed by atoms with Gasteiger partial charge in [-0.15, -0.1) is 0 Å². The molecule has 5 nitrogen and oxygen atoms in total. The Morgan fingerprint density at radius 2 is 2.00 bits per heavy atom. The van der Waals surface area contributed by atoms with Gasteiger partial charge in [-0.3, -0.25) is 14.7 Å². The second-order valence-electron chi connectivity index (χ2n) is 4.87. The summed E-state index contributed by atoms with van der Waals surface area (Å²) < 4.78 is 0. The Morgan fingerprint density at radius 1 is 1.19 bits per heavy atom. The molecule has 0 unspecified atom stereocenters. The molecule has 0 aliphatic carbocycles. The van der Waals surface area contributed by atoms with Crippen molar-refractivity contribution in [3.05, 3.63) is 65.5 Å². The minimum absolute atomic E-state index is 0.0395. The van der Waals surface area contributed by atoms with Gasteiger partial charge in [0.1, 0.15) is 5.69 Å². The number of aromatic nitrogens is 1. The highest BCUT2D eigenvalue weighted by atomic mass is 16.6. The van der Waals surface area contributed by atoms with E-state index in [0.29, 0.717) is 18.1 Å². The molecule has 0 atom stereocenters. The molecule has 1 amide bonds. The Balaban J connectivity index is 1.90. The van der Waals surface area contributed by atoms with Gasteiger partial charge in [-0.2, -0.15) is 0 Å². The fourth-order valence-electron chi connectivity index (χ4n) is 2.11. The Hall–Kier alpha value is -2.69. The van der Waals surface area contributed by atoms with Crippen LogP contribution < -0.4 is 0 Å². The van der Waals surface area contributed by atoms with Gasteiger partial charge in [-0.1, -0.05) is 41.1 Å². The summed E-state index contributed by atoms with van der Waals surface area (Å²) in [5, 5.41) is 4.00. The van der Waals surface area contributed by atoms with Crippen LogP contribution in [0.5, 0.6) is 0 Å². The van der Waals surface area contributed by atoms with Crippen molar-refractivity contribution in [1.29, 1.82) is 0 Å². The topological polar surface area (TPSA) is 54.8 Å². The first-order chi connectivity index (χ1) is 10.2. The van der Waals surface area contributed by atoms with Gasteiger partial charge in [0.15, 0.2) is 6.61 Å². The quantitative estimate of drug-likeness (QED) is 0.866. The summed E-state index contributed by atoms with van der Waals surface area (Å²) in [5.74, 6) is 0.332. The molecule has 0 N–H and O–H groups in total. The number of amidine groups is 1. The monoisotopic (exact) mass is 281 g/mol. The number of hydrogen-bond donors (Lipinski definition) is 0. The zero-order valence-corrected chi connectivity index (χ0v) is 11.7. The first kappa shape index (κ1) is 13.3. The highest BCUT2D eigenvalue weighted by Crippen LogP contribution is 2.14. The van der Waals surface area contributed by atoms with Crippen LogP contribution in [-0.2, 0) is 16.2 Å². The first-order valence-corrected chi connectivity index (χ1v) is 6.71. The van der Waals surface area contributed by atoms with Gasteiger partial charge in [0, 0.05) is 6.20 Å². The van der Waals surface area contributed by atoms with Crippen LogP contribution in [0.4, 0.5) is 0 Å². The molecule has 1 aromatic heterocycles. The fraction of sp³-hybridized carbons (Fsp3) is 0.188. The fourth-order valence-corrected chi connectivity index (χ4v) is 2.11. The number of hydrogen-bond acceptors (Lipinski definition) is 4. The molecule has 2 heterocycles. The molecule has 0 fully saturated rings. The molecule has 0 saturated carbocycles. The number of nitrogens with zero attached hydrogens (tertiary/aromatic N) is 3. The van der Waals surface area contributed by atoms with Crippen molar-refractivity contribution < 1.29 is 9.63 Å². The minimum Gasteiger partial charge on any atom is -0.384 e. The molecular formula is C16H15N3O2. The molecule has 21 heavy (non-hydrogen) atoms. The van der Waals surface area contributed by atoms with Crippen LogP contribution in [-0.4, -0.2) is 28.2 Å². The third-order valence-electron chi connectivity index (χ3n) is 3.25. The average Bonchev–Trinajstić information content (AvgIpc) is 2.52. The summed E-state index contributed by atoms with van der Waals surface area (Å²) in [5.41, 5.74) is 2.85. The van der Waals surface area contributed by atoms with Gasteiger partial charge in [0.2, 0.25) is 5.84 Å². The van der Waals surface area contributed by atoms with Crippen molar-refractivity contribution in [1.82, 2.24) is 9.88 Å². The number of carbonyl (C=O) groups excluding carboxylic acids is 1. The van der Waals surface area contributed by atoms with E-state index in [1.165, 1.54) is 5.56 Å². The standard InChI is InChI=1S/C16H15N3O2/c1-12-5-7-13(8-6-12)10-19-15(20)11-21-18-16(19)14-4-2-3-9-17-14/h2-9H,10-11H2,1H3. The maximum absolute atomic E-state index is 12.1. The van der Waals surface area contributed by atoms with Crippen LogP contribution in [0.2, 0.25) is 0 Å². The number of amides is 1. The molecule has 0 bridgehead atoms. The van der Waals surface area contributed by atoms with E-state index in [9.17, 15) is 4.79 Å². The Kier molecular flexibility index (Phi) is 3.64. The second-order valence-corrected chi connectivity index (χ2v) is 4.87. The first-order valence-electron chi connectivity index (χ1n) is 6.71. The van der Waals surface area contributed by atoms with Crippen molar-refractivity contribution in [3.8, 4) is 0 Å². The highest BCUT2D eigenvalue weighted by Gasteiger charge is 2.26. The predicted octanol–water partition coefficient (Wildman–Crippen LogP) is 2.11. The van der Waals surface area contributed by atoms with Crippen molar-refractivity contribution in [2.45, 2.75) is 13.5 Å². The van der Waals surface area contributed by atoms with Crippen molar-refractivity contribution >= 4 is 11.7 Å². The maximum Gasteiger partial charge on any atom is 0.269 e. The number of rotatable bonds is 3. The number of aryl methyl sites for hydroxylation is 1. The Labute approximate surface area is 122 Å². The van der Waals surface area contributed by atoms with Crippen molar-refractivity contribution in [3.63, 3.8) is 0 Å². The molecule has 5 heteroatoms. The molecule has 1 aromatic carbocycles. The van der Waals surface area contributed by atoms with Gasteiger partial charge in [0.25, 0.3) is 5.91 Å². The molecular weight excluding hydrogens is 266 g/mol. The third-order valence-corrected chi connectivity index (χ3v) is 3.25. The van der Waals surface area contributed by atoms with E-state index in [-0.39, 0.29) is 12.5 Å². The Morgan fingerprint density at radius 3 is 2.71 bits per heavy atom. The highest BCUT2D eigenvalue weighted by molar-refractivity contribution is 6.07. The lowest BCUT2D eigenvalue weighted by molar-refractivity contribution is -0.134. The summed E-state index contributed by atoms with van der Waals surface area (Å²) in [6.07, 6.45) is 1.67. The van der Waals surface area contributed by atoms with Gasteiger partial charge in [0.05, 0.1) is 6.54 Å². The largest absolute Gasteiger partial charge is 0.384 e. The van der Waals surface area contributed by atoms with E-state index in [2.05, 4.69) is 10.1 Å². The lowest BCUT2D eigenvalue weighted by Crippen LogP contribution is -2.42. The normalized spacial score (nSPS) is 14.6. The zero-order chi connectivity index (χ0) is 14.7. The van der Waals surface area contributed by atoms with Gasteiger partial charge in [-0.05, 0) is 24.6 Å². The summed E-state index contributed by atoms with van der Waals surface area (Å²) in [6, 6.07) is 13.6. The van der Waals surface area contributed by atoms with Crippen molar-refractivity contribution in [2.75, 3.05) is 6.61 Å². The lowest BCUT2D eigenvalue weighted by Gasteiger charge is -2.26. The van der Waals surface area contributed by atoms with E-state index in [1.807, 2.05) is 49.4 Å². The molecule has 106 valence electrons. The average molecular weight is 281 g/mol. The minimum atomic E-state index is -0.119. The van der Waals surface area contributed by atoms with Crippen LogP contribution in [0.25, 0.3) is 0 Å². The molecule has 1 aliphatic rings. The number of benzene rings is 1. The van der Waals surface area contributed by atoms with E-state index in [1.54, 1.807) is 11.1 Å². The van der Waals surface area contributed by atoms with Gasteiger partial charge >= 0.3 is 0 Å². The third kappa shape index (κ3) is 2.91. The summed E-state index contributed by atoms with van der Waals surface area (Å²) in [7, 11) is 0.